The van der Waals surface area contributed by atoms with E-state index in [1.54, 1.807) is 6.20 Å². The molecule has 112 valence electrons. The Morgan fingerprint density at radius 2 is 2.00 bits per heavy atom. The molecule has 0 saturated carbocycles. The number of hydrogen-bond acceptors (Lipinski definition) is 5. The predicted molar refractivity (Wildman–Crippen MR) is 80.9 cm³/mol. The Kier molecular flexibility index (Phi) is 6.93. The van der Waals surface area contributed by atoms with Gasteiger partial charge in [-0.3, -0.25) is 4.79 Å². The van der Waals surface area contributed by atoms with E-state index in [4.69, 9.17) is 0 Å². The molecule has 0 aliphatic heterocycles. The molecule has 1 aromatic rings. The third kappa shape index (κ3) is 6.47. The maximum absolute atomic E-state index is 11.8. The molecule has 1 aromatic heterocycles. The first-order valence-corrected chi connectivity index (χ1v) is 6.98. The number of amides is 1. The summed E-state index contributed by atoms with van der Waals surface area (Å²) < 4.78 is 0. The van der Waals surface area contributed by atoms with Crippen LogP contribution in [-0.2, 0) is 0 Å². The monoisotopic (exact) mass is 279 g/mol. The molecule has 0 aromatic carbocycles. The van der Waals surface area contributed by atoms with Crippen molar-refractivity contribution in [2.45, 2.75) is 20.3 Å². The number of rotatable bonds is 8. The van der Waals surface area contributed by atoms with Gasteiger partial charge in [-0.15, -0.1) is 0 Å². The van der Waals surface area contributed by atoms with Gasteiger partial charge in [-0.2, -0.15) is 0 Å². The van der Waals surface area contributed by atoms with Crippen molar-refractivity contribution in [3.63, 3.8) is 0 Å². The molecule has 6 heteroatoms. The molecule has 0 saturated heterocycles. The summed E-state index contributed by atoms with van der Waals surface area (Å²) in [5, 5.41) is 5.99. The van der Waals surface area contributed by atoms with Crippen molar-refractivity contribution < 1.29 is 4.79 Å². The molecule has 2 N–H and O–H groups in total. The van der Waals surface area contributed by atoms with Gasteiger partial charge in [-0.1, -0.05) is 13.8 Å². The summed E-state index contributed by atoms with van der Waals surface area (Å²) in [6.45, 7) is 6.61. The van der Waals surface area contributed by atoms with Gasteiger partial charge in [0.2, 0.25) is 0 Å². The van der Waals surface area contributed by atoms with Crippen LogP contribution in [0.3, 0.4) is 0 Å². The predicted octanol–water partition coefficient (Wildman–Crippen LogP) is 1.23. The van der Waals surface area contributed by atoms with E-state index in [9.17, 15) is 4.79 Å². The number of nitrogens with zero attached hydrogens (tertiary/aromatic N) is 3. The van der Waals surface area contributed by atoms with E-state index >= 15 is 0 Å². The molecule has 6 nitrogen and oxygen atoms in total. The number of carbonyl (C=O) groups excluding carboxylic acids is 1. The molecule has 0 radical (unpaired) electrons. The van der Waals surface area contributed by atoms with Crippen LogP contribution in [0, 0.1) is 5.92 Å². The van der Waals surface area contributed by atoms with Gasteiger partial charge in [0, 0.05) is 19.6 Å². The molecule has 1 heterocycles. The van der Waals surface area contributed by atoms with Crippen LogP contribution in [0.1, 0.15) is 30.8 Å². The number of aromatic nitrogens is 2. The normalized spacial score (nSPS) is 10.9. The van der Waals surface area contributed by atoms with Crippen LogP contribution in [0.2, 0.25) is 0 Å². The van der Waals surface area contributed by atoms with Gasteiger partial charge in [0.15, 0.2) is 0 Å². The fourth-order valence-electron chi connectivity index (χ4n) is 1.51. The maximum atomic E-state index is 11.8. The zero-order chi connectivity index (χ0) is 15.0. The summed E-state index contributed by atoms with van der Waals surface area (Å²) >= 11 is 0. The zero-order valence-electron chi connectivity index (χ0n) is 12.8. The Morgan fingerprint density at radius 3 is 2.55 bits per heavy atom. The van der Waals surface area contributed by atoms with Crippen molar-refractivity contribution in [1.82, 2.24) is 20.2 Å². The number of hydrogen-bond donors (Lipinski definition) is 2. The third-order valence-corrected chi connectivity index (χ3v) is 2.76. The Hall–Kier alpha value is -1.69. The molecule has 1 rings (SSSR count). The largest absolute Gasteiger partial charge is 0.369 e. The highest BCUT2D eigenvalue weighted by Crippen LogP contribution is 2.04. The van der Waals surface area contributed by atoms with E-state index in [0.29, 0.717) is 24.0 Å². The van der Waals surface area contributed by atoms with Crippen LogP contribution in [0.5, 0.6) is 0 Å². The third-order valence-electron chi connectivity index (χ3n) is 2.76. The van der Waals surface area contributed by atoms with Gasteiger partial charge in [-0.05, 0) is 26.4 Å². The minimum absolute atomic E-state index is 0.187. The lowest BCUT2D eigenvalue weighted by Gasteiger charge is -2.10. The summed E-state index contributed by atoms with van der Waals surface area (Å²) in [5.74, 6) is 1.17. The summed E-state index contributed by atoms with van der Waals surface area (Å²) in [6, 6.07) is 0. The van der Waals surface area contributed by atoms with Gasteiger partial charge in [-0.25, -0.2) is 9.97 Å². The van der Waals surface area contributed by atoms with Crippen LogP contribution < -0.4 is 10.6 Å². The molecule has 20 heavy (non-hydrogen) atoms. The fourth-order valence-corrected chi connectivity index (χ4v) is 1.51. The van der Waals surface area contributed by atoms with Gasteiger partial charge in [0.1, 0.15) is 11.5 Å². The minimum atomic E-state index is -0.187. The van der Waals surface area contributed by atoms with Gasteiger partial charge < -0.3 is 15.5 Å². The van der Waals surface area contributed by atoms with Gasteiger partial charge >= 0.3 is 0 Å². The van der Waals surface area contributed by atoms with Crippen LogP contribution >= 0.6 is 0 Å². The van der Waals surface area contributed by atoms with Crippen molar-refractivity contribution in [2.24, 2.45) is 5.92 Å². The summed E-state index contributed by atoms with van der Waals surface area (Å²) in [4.78, 5) is 22.1. The van der Waals surface area contributed by atoms with E-state index in [0.717, 1.165) is 19.5 Å². The number of anilines is 1. The molecular weight excluding hydrogens is 254 g/mol. The van der Waals surface area contributed by atoms with E-state index < -0.39 is 0 Å². The fraction of sp³-hybridized carbons (Fsp3) is 0.643. The number of nitrogens with one attached hydrogen (secondary N) is 2. The molecule has 1 amide bonds. The van der Waals surface area contributed by atoms with Crippen LogP contribution in [-0.4, -0.2) is 54.5 Å². The van der Waals surface area contributed by atoms with Crippen molar-refractivity contribution >= 4 is 11.7 Å². The Morgan fingerprint density at radius 1 is 1.25 bits per heavy atom. The number of carbonyl (C=O) groups is 1. The maximum Gasteiger partial charge on any atom is 0.271 e. The SMILES string of the molecule is CC(C)CCNc1cnc(C(=O)NCCN(C)C)cn1. The summed E-state index contributed by atoms with van der Waals surface area (Å²) in [5.41, 5.74) is 0.346. The average Bonchev–Trinajstić information content (AvgIpc) is 2.38. The zero-order valence-corrected chi connectivity index (χ0v) is 12.8. The molecular formula is C14H25N5O. The second-order valence-electron chi connectivity index (χ2n) is 5.46. The number of likely N-dealkylation sites (N-methyl/N-ethyl adjacent to an activating group) is 1. The average molecular weight is 279 g/mol. The Bertz CT molecular complexity index is 403. The van der Waals surface area contributed by atoms with Crippen molar-refractivity contribution in [1.29, 1.82) is 0 Å². The molecule has 0 unspecified atom stereocenters. The van der Waals surface area contributed by atoms with Gasteiger partial charge in [0.25, 0.3) is 5.91 Å². The van der Waals surface area contributed by atoms with Crippen molar-refractivity contribution in [2.75, 3.05) is 39.0 Å². The quantitative estimate of drug-likeness (QED) is 0.749. The highest BCUT2D eigenvalue weighted by Gasteiger charge is 2.07. The van der Waals surface area contributed by atoms with E-state index in [1.165, 1.54) is 6.20 Å². The van der Waals surface area contributed by atoms with E-state index in [1.807, 2.05) is 19.0 Å². The first kappa shape index (κ1) is 16.4. The molecule has 0 spiro atoms. The van der Waals surface area contributed by atoms with Crippen LogP contribution in [0.15, 0.2) is 12.4 Å². The smallest absolute Gasteiger partial charge is 0.271 e. The minimum Gasteiger partial charge on any atom is -0.369 e. The summed E-state index contributed by atoms with van der Waals surface area (Å²) in [7, 11) is 3.92. The standard InChI is InChI=1S/C14H25N5O/c1-11(2)5-6-15-13-10-17-12(9-18-13)14(20)16-7-8-19(3)4/h9-11H,5-8H2,1-4H3,(H,15,18)(H,16,20). The molecule has 0 aliphatic rings. The molecule has 0 aliphatic carbocycles. The second-order valence-corrected chi connectivity index (χ2v) is 5.46. The Labute approximate surface area is 121 Å². The highest BCUT2D eigenvalue weighted by atomic mass is 16.1. The van der Waals surface area contributed by atoms with Crippen molar-refractivity contribution in [3.05, 3.63) is 18.1 Å². The Balaban J connectivity index is 2.39. The van der Waals surface area contributed by atoms with Crippen LogP contribution in [0.4, 0.5) is 5.82 Å². The lowest BCUT2D eigenvalue weighted by atomic mass is 10.1. The molecule has 0 fully saturated rings. The lowest BCUT2D eigenvalue weighted by molar-refractivity contribution is 0.0945. The molecule has 0 bridgehead atoms. The van der Waals surface area contributed by atoms with E-state index in [-0.39, 0.29) is 5.91 Å². The van der Waals surface area contributed by atoms with Crippen LogP contribution in [0.25, 0.3) is 0 Å². The lowest BCUT2D eigenvalue weighted by Crippen LogP contribution is -2.31. The molecule has 0 atom stereocenters. The highest BCUT2D eigenvalue weighted by molar-refractivity contribution is 5.91. The van der Waals surface area contributed by atoms with Crippen molar-refractivity contribution in [3.8, 4) is 0 Å². The second kappa shape index (κ2) is 8.47. The first-order valence-electron chi connectivity index (χ1n) is 6.98. The first-order chi connectivity index (χ1) is 9.49. The summed E-state index contributed by atoms with van der Waals surface area (Å²) in [6.07, 6.45) is 4.18. The van der Waals surface area contributed by atoms with E-state index in [2.05, 4.69) is 34.4 Å². The topological polar surface area (TPSA) is 70.2 Å². The van der Waals surface area contributed by atoms with Gasteiger partial charge in [0.05, 0.1) is 12.4 Å².